The van der Waals surface area contributed by atoms with E-state index in [-0.39, 0.29) is 5.91 Å². The summed E-state index contributed by atoms with van der Waals surface area (Å²) in [5, 5.41) is 10.0. The Bertz CT molecular complexity index is 576. The Labute approximate surface area is 109 Å². The van der Waals surface area contributed by atoms with E-state index in [1.54, 1.807) is 24.3 Å². The van der Waals surface area contributed by atoms with Crippen LogP contribution in [0.3, 0.4) is 0 Å². The zero-order valence-electron chi connectivity index (χ0n) is 10.6. The topological polar surface area (TPSA) is 89.7 Å². The molecule has 3 rings (SSSR count). The van der Waals surface area contributed by atoms with E-state index >= 15 is 0 Å². The Morgan fingerprint density at radius 1 is 1.58 bits per heavy atom. The fourth-order valence-electron chi connectivity index (χ4n) is 2.00. The third-order valence-corrected chi connectivity index (χ3v) is 2.92. The summed E-state index contributed by atoms with van der Waals surface area (Å²) in [5.74, 6) is 1.13. The number of carbonyl (C=O) groups excluding carboxylic acids is 1. The molecule has 0 unspecified atom stereocenters. The molecule has 8 heteroatoms. The van der Waals surface area contributed by atoms with Gasteiger partial charge in [-0.25, -0.2) is 9.97 Å². The summed E-state index contributed by atoms with van der Waals surface area (Å²) < 4.78 is 3.55. The molecule has 0 aliphatic carbocycles. The van der Waals surface area contributed by atoms with Gasteiger partial charge < -0.3 is 15.2 Å². The van der Waals surface area contributed by atoms with E-state index < -0.39 is 0 Å². The van der Waals surface area contributed by atoms with Crippen LogP contribution in [0.25, 0.3) is 0 Å². The van der Waals surface area contributed by atoms with E-state index in [0.29, 0.717) is 18.1 Å². The van der Waals surface area contributed by atoms with Gasteiger partial charge in [0.25, 0.3) is 5.91 Å². The minimum absolute atomic E-state index is 0.212. The molecule has 0 atom stereocenters. The molecule has 0 saturated heterocycles. The fourth-order valence-corrected chi connectivity index (χ4v) is 2.00. The number of imidazole rings is 1. The summed E-state index contributed by atoms with van der Waals surface area (Å²) in [6.45, 7) is 2.09. The molecule has 2 N–H and O–H groups in total. The smallest absolute Gasteiger partial charge is 0.271 e. The molecule has 0 fully saturated rings. The summed E-state index contributed by atoms with van der Waals surface area (Å²) >= 11 is 0. The fraction of sp³-hybridized carbons (Fsp3) is 0.455. The standard InChI is InChI=1S/C11H15N7O/c1-17-7-14-9(16-17)5-13-10(19)8-6-18-4-2-3-12-11(18)15-8/h6-7H,2-5H2,1H3,(H,12,15)(H,13,19). The van der Waals surface area contributed by atoms with Gasteiger partial charge in [0.15, 0.2) is 5.82 Å². The van der Waals surface area contributed by atoms with Gasteiger partial charge >= 0.3 is 0 Å². The van der Waals surface area contributed by atoms with Crippen LogP contribution in [0.1, 0.15) is 22.7 Å². The summed E-state index contributed by atoms with van der Waals surface area (Å²) in [6, 6.07) is 0. The number of rotatable bonds is 3. The highest BCUT2D eigenvalue weighted by atomic mass is 16.1. The van der Waals surface area contributed by atoms with Crippen LogP contribution in [0.5, 0.6) is 0 Å². The van der Waals surface area contributed by atoms with Crippen molar-refractivity contribution in [3.8, 4) is 0 Å². The highest BCUT2D eigenvalue weighted by Gasteiger charge is 2.16. The van der Waals surface area contributed by atoms with Crippen molar-refractivity contribution in [2.24, 2.45) is 7.05 Å². The summed E-state index contributed by atoms with van der Waals surface area (Å²) in [4.78, 5) is 20.3. The molecule has 8 nitrogen and oxygen atoms in total. The molecule has 19 heavy (non-hydrogen) atoms. The number of fused-ring (bicyclic) bond motifs is 1. The molecule has 1 aliphatic rings. The Hall–Kier alpha value is -2.38. The second-order valence-corrected chi connectivity index (χ2v) is 4.44. The van der Waals surface area contributed by atoms with E-state index in [1.807, 2.05) is 4.57 Å². The van der Waals surface area contributed by atoms with Crippen molar-refractivity contribution in [1.29, 1.82) is 0 Å². The number of nitrogens with zero attached hydrogens (tertiary/aromatic N) is 5. The minimum atomic E-state index is -0.212. The van der Waals surface area contributed by atoms with Crippen LogP contribution < -0.4 is 10.6 Å². The maximum absolute atomic E-state index is 12.0. The van der Waals surface area contributed by atoms with Gasteiger partial charge in [-0.05, 0) is 6.42 Å². The number of hydrogen-bond acceptors (Lipinski definition) is 5. The number of hydrogen-bond donors (Lipinski definition) is 2. The molecular weight excluding hydrogens is 246 g/mol. The molecule has 3 heterocycles. The zero-order chi connectivity index (χ0) is 13.2. The lowest BCUT2D eigenvalue weighted by Crippen LogP contribution is -2.23. The second kappa shape index (κ2) is 4.71. The zero-order valence-corrected chi connectivity index (χ0v) is 10.6. The van der Waals surface area contributed by atoms with Crippen LogP contribution in [0.2, 0.25) is 0 Å². The van der Waals surface area contributed by atoms with Crippen LogP contribution in [0.15, 0.2) is 12.5 Å². The lowest BCUT2D eigenvalue weighted by Gasteiger charge is -2.14. The van der Waals surface area contributed by atoms with E-state index in [1.165, 1.54) is 0 Å². The van der Waals surface area contributed by atoms with E-state index in [2.05, 4.69) is 25.7 Å². The van der Waals surface area contributed by atoms with Gasteiger partial charge in [-0.3, -0.25) is 9.48 Å². The Balaban J connectivity index is 1.65. The minimum Gasteiger partial charge on any atom is -0.356 e. The van der Waals surface area contributed by atoms with Crippen molar-refractivity contribution in [3.63, 3.8) is 0 Å². The van der Waals surface area contributed by atoms with Crippen molar-refractivity contribution in [2.45, 2.75) is 19.5 Å². The van der Waals surface area contributed by atoms with Crippen LogP contribution in [-0.4, -0.2) is 36.8 Å². The summed E-state index contributed by atoms with van der Waals surface area (Å²) in [7, 11) is 1.79. The van der Waals surface area contributed by atoms with Crippen LogP contribution in [0, 0.1) is 0 Å². The highest BCUT2D eigenvalue weighted by molar-refractivity contribution is 5.92. The predicted molar refractivity (Wildman–Crippen MR) is 67.5 cm³/mol. The first-order valence-electron chi connectivity index (χ1n) is 6.16. The van der Waals surface area contributed by atoms with Crippen molar-refractivity contribution in [1.82, 2.24) is 29.6 Å². The van der Waals surface area contributed by atoms with Crippen LogP contribution in [-0.2, 0) is 20.1 Å². The first-order valence-corrected chi connectivity index (χ1v) is 6.16. The van der Waals surface area contributed by atoms with E-state index in [9.17, 15) is 4.79 Å². The van der Waals surface area contributed by atoms with Gasteiger partial charge in [0.05, 0.1) is 6.54 Å². The van der Waals surface area contributed by atoms with Gasteiger partial charge in [-0.2, -0.15) is 5.10 Å². The largest absolute Gasteiger partial charge is 0.356 e. The Morgan fingerprint density at radius 2 is 2.47 bits per heavy atom. The maximum atomic E-state index is 12.0. The molecule has 0 aromatic carbocycles. The Morgan fingerprint density at radius 3 is 3.21 bits per heavy atom. The lowest BCUT2D eigenvalue weighted by molar-refractivity contribution is 0.0945. The average Bonchev–Trinajstić information content (AvgIpc) is 3.01. The molecule has 0 spiro atoms. The monoisotopic (exact) mass is 261 g/mol. The molecule has 2 aromatic heterocycles. The molecule has 1 amide bonds. The van der Waals surface area contributed by atoms with E-state index in [0.717, 1.165) is 25.5 Å². The first-order chi connectivity index (χ1) is 9.22. The van der Waals surface area contributed by atoms with Gasteiger partial charge in [-0.15, -0.1) is 0 Å². The number of amides is 1. The summed E-state index contributed by atoms with van der Waals surface area (Å²) in [5.41, 5.74) is 0.417. The lowest BCUT2D eigenvalue weighted by atomic mass is 10.4. The summed E-state index contributed by atoms with van der Waals surface area (Å²) in [6.07, 6.45) is 4.41. The molecule has 100 valence electrons. The predicted octanol–water partition coefficient (Wildman–Crippen LogP) is -0.243. The Kier molecular flexibility index (Phi) is 2.90. The number of anilines is 1. The maximum Gasteiger partial charge on any atom is 0.271 e. The number of nitrogens with one attached hydrogen (secondary N) is 2. The van der Waals surface area contributed by atoms with Gasteiger partial charge in [0.2, 0.25) is 5.95 Å². The SMILES string of the molecule is Cn1cnc(CNC(=O)c2cn3c(n2)NCCC3)n1. The van der Waals surface area contributed by atoms with Crippen molar-refractivity contribution in [2.75, 3.05) is 11.9 Å². The van der Waals surface area contributed by atoms with Crippen LogP contribution >= 0.6 is 0 Å². The van der Waals surface area contributed by atoms with Gasteiger partial charge in [0, 0.05) is 26.3 Å². The normalized spacial score (nSPS) is 13.7. The van der Waals surface area contributed by atoms with E-state index in [4.69, 9.17) is 0 Å². The van der Waals surface area contributed by atoms with Crippen molar-refractivity contribution in [3.05, 3.63) is 24.0 Å². The third kappa shape index (κ3) is 2.42. The molecule has 0 radical (unpaired) electrons. The first kappa shape index (κ1) is 11.7. The molecule has 1 aliphatic heterocycles. The van der Waals surface area contributed by atoms with Gasteiger partial charge in [0.1, 0.15) is 12.0 Å². The number of aromatic nitrogens is 5. The van der Waals surface area contributed by atoms with Gasteiger partial charge in [-0.1, -0.05) is 0 Å². The molecule has 2 aromatic rings. The van der Waals surface area contributed by atoms with Crippen LogP contribution in [0.4, 0.5) is 5.95 Å². The number of carbonyl (C=O) groups is 1. The molecule has 0 bridgehead atoms. The second-order valence-electron chi connectivity index (χ2n) is 4.44. The quantitative estimate of drug-likeness (QED) is 0.795. The highest BCUT2D eigenvalue weighted by Crippen LogP contribution is 2.13. The van der Waals surface area contributed by atoms with Crippen molar-refractivity contribution < 1.29 is 4.79 Å². The third-order valence-electron chi connectivity index (χ3n) is 2.92. The average molecular weight is 261 g/mol. The van der Waals surface area contributed by atoms with Crippen molar-refractivity contribution >= 4 is 11.9 Å². The molecular formula is C11H15N7O. The number of aryl methyl sites for hydroxylation is 2. The molecule has 0 saturated carbocycles.